The number of fused-ring (bicyclic) bond motifs is 1. The highest BCUT2D eigenvalue weighted by molar-refractivity contribution is 7.20. The van der Waals surface area contributed by atoms with Crippen LogP contribution in [0.25, 0.3) is 10.2 Å². The zero-order valence-electron chi connectivity index (χ0n) is 14.3. The maximum absolute atomic E-state index is 12.4. The number of nitrogens with zero attached hydrogens (tertiary/aromatic N) is 1. The van der Waals surface area contributed by atoms with E-state index >= 15 is 0 Å². The van der Waals surface area contributed by atoms with Gasteiger partial charge in [-0.2, -0.15) is 0 Å². The molecule has 25 heavy (non-hydrogen) atoms. The average Bonchev–Trinajstić information content (AvgIpc) is 3.19. The molecule has 0 radical (unpaired) electrons. The molecule has 0 spiro atoms. The first-order valence-electron chi connectivity index (χ1n) is 7.94. The number of thiophene rings is 1. The highest BCUT2D eigenvalue weighted by Gasteiger charge is 2.17. The lowest BCUT2D eigenvalue weighted by Crippen LogP contribution is -2.34. The summed E-state index contributed by atoms with van der Waals surface area (Å²) in [6.45, 7) is 6.58. The predicted molar refractivity (Wildman–Crippen MR) is 97.2 cm³/mol. The molecule has 6 nitrogen and oxygen atoms in total. The Labute approximate surface area is 149 Å². The summed E-state index contributed by atoms with van der Waals surface area (Å²) in [4.78, 5) is 30.2. The van der Waals surface area contributed by atoms with Crippen molar-refractivity contribution in [1.29, 1.82) is 0 Å². The highest BCUT2D eigenvalue weighted by atomic mass is 32.1. The zero-order chi connectivity index (χ0) is 18.0. The molecule has 0 saturated carbocycles. The van der Waals surface area contributed by atoms with E-state index in [4.69, 9.17) is 4.42 Å². The Morgan fingerprint density at radius 1 is 1.16 bits per heavy atom. The highest BCUT2D eigenvalue weighted by Crippen LogP contribution is 2.32. The number of carbonyl (C=O) groups excluding carboxylic acids is 2. The zero-order valence-corrected chi connectivity index (χ0v) is 15.1. The minimum Gasteiger partial charge on any atom is -0.459 e. The molecule has 0 fully saturated rings. The Morgan fingerprint density at radius 2 is 1.88 bits per heavy atom. The summed E-state index contributed by atoms with van der Waals surface area (Å²) in [5.41, 5.74) is 3.02. The summed E-state index contributed by atoms with van der Waals surface area (Å²) in [7, 11) is 0. The SMILES string of the molecule is Cc1cc(C)c2c(C)c(C(=O)NCCNC(=O)c3ccco3)sc2n1. The molecule has 3 heterocycles. The first-order chi connectivity index (χ1) is 12.0. The number of amides is 2. The number of pyridine rings is 1. The summed E-state index contributed by atoms with van der Waals surface area (Å²) < 4.78 is 5.01. The molecule has 0 unspecified atom stereocenters. The van der Waals surface area contributed by atoms with Crippen LogP contribution in [0, 0.1) is 20.8 Å². The Kier molecular flexibility index (Phi) is 4.85. The summed E-state index contributed by atoms with van der Waals surface area (Å²) >= 11 is 1.40. The molecule has 0 aliphatic carbocycles. The number of hydrogen-bond acceptors (Lipinski definition) is 5. The average molecular weight is 357 g/mol. The van der Waals surface area contributed by atoms with Crippen molar-refractivity contribution < 1.29 is 14.0 Å². The molecule has 3 aromatic heterocycles. The van der Waals surface area contributed by atoms with E-state index in [1.54, 1.807) is 12.1 Å². The number of aryl methyl sites for hydroxylation is 3. The first kappa shape index (κ1) is 17.2. The van der Waals surface area contributed by atoms with Crippen molar-refractivity contribution in [2.45, 2.75) is 20.8 Å². The van der Waals surface area contributed by atoms with Crippen LogP contribution in [0.4, 0.5) is 0 Å². The minimum absolute atomic E-state index is 0.148. The van der Waals surface area contributed by atoms with Gasteiger partial charge >= 0.3 is 0 Å². The predicted octanol–water partition coefficient (Wildman–Crippen LogP) is 2.97. The van der Waals surface area contributed by atoms with Crippen molar-refractivity contribution >= 4 is 33.4 Å². The van der Waals surface area contributed by atoms with E-state index in [2.05, 4.69) is 15.6 Å². The number of aromatic nitrogens is 1. The van der Waals surface area contributed by atoms with Crippen LogP contribution in [-0.4, -0.2) is 29.9 Å². The molecule has 0 atom stereocenters. The Balaban J connectivity index is 1.62. The maximum Gasteiger partial charge on any atom is 0.287 e. The van der Waals surface area contributed by atoms with Crippen LogP contribution >= 0.6 is 11.3 Å². The van der Waals surface area contributed by atoms with Gasteiger partial charge in [-0.1, -0.05) is 0 Å². The van der Waals surface area contributed by atoms with Crippen LogP contribution < -0.4 is 10.6 Å². The lowest BCUT2D eigenvalue weighted by molar-refractivity contribution is 0.0911. The fourth-order valence-electron chi connectivity index (χ4n) is 2.76. The third-order valence-corrected chi connectivity index (χ3v) is 5.06. The molecular weight excluding hydrogens is 338 g/mol. The Hall–Kier alpha value is -2.67. The third-order valence-electron chi connectivity index (χ3n) is 3.87. The minimum atomic E-state index is -0.299. The van der Waals surface area contributed by atoms with Crippen LogP contribution in [0.15, 0.2) is 28.9 Å². The van der Waals surface area contributed by atoms with Gasteiger partial charge in [-0.3, -0.25) is 9.59 Å². The van der Waals surface area contributed by atoms with Crippen molar-refractivity contribution in [1.82, 2.24) is 15.6 Å². The molecule has 2 N–H and O–H groups in total. The van der Waals surface area contributed by atoms with Crippen LogP contribution in [0.5, 0.6) is 0 Å². The first-order valence-corrected chi connectivity index (χ1v) is 8.76. The summed E-state index contributed by atoms with van der Waals surface area (Å²) in [6, 6.07) is 5.26. The monoisotopic (exact) mass is 357 g/mol. The molecule has 0 aliphatic heterocycles. The van der Waals surface area contributed by atoms with Gasteiger partial charge in [0.05, 0.1) is 11.1 Å². The smallest absolute Gasteiger partial charge is 0.287 e. The Bertz CT molecular complexity index is 929. The van der Waals surface area contributed by atoms with Gasteiger partial charge in [0.2, 0.25) is 0 Å². The second-order valence-electron chi connectivity index (χ2n) is 5.81. The van der Waals surface area contributed by atoms with Gasteiger partial charge in [-0.15, -0.1) is 11.3 Å². The van der Waals surface area contributed by atoms with Crippen LogP contribution in [0.3, 0.4) is 0 Å². The Morgan fingerprint density at radius 3 is 2.56 bits per heavy atom. The van der Waals surface area contributed by atoms with Crippen LogP contribution in [-0.2, 0) is 0 Å². The van der Waals surface area contributed by atoms with Crippen molar-refractivity contribution in [3.05, 3.63) is 51.9 Å². The summed E-state index contributed by atoms with van der Waals surface area (Å²) in [5, 5.41) is 6.58. The number of carbonyl (C=O) groups is 2. The summed E-state index contributed by atoms with van der Waals surface area (Å²) in [5.74, 6) is -0.194. The van der Waals surface area contributed by atoms with Crippen molar-refractivity contribution in [2.75, 3.05) is 13.1 Å². The second kappa shape index (κ2) is 7.06. The van der Waals surface area contributed by atoms with Crippen LogP contribution in [0.1, 0.15) is 37.0 Å². The molecule has 3 aromatic rings. The standard InChI is InChI=1S/C18H19N3O3S/c1-10-9-11(2)21-18-14(10)12(3)15(25-18)17(23)20-7-6-19-16(22)13-5-4-8-24-13/h4-5,8-9H,6-7H2,1-3H3,(H,19,22)(H,20,23). The van der Waals surface area contributed by atoms with Gasteiger partial charge in [0.1, 0.15) is 4.83 Å². The fraction of sp³-hybridized carbons (Fsp3) is 0.278. The molecule has 3 rings (SSSR count). The number of rotatable bonds is 5. The molecule has 0 saturated heterocycles. The van der Waals surface area contributed by atoms with Gasteiger partial charge in [0.15, 0.2) is 5.76 Å². The topological polar surface area (TPSA) is 84.2 Å². The third kappa shape index (κ3) is 3.56. The largest absolute Gasteiger partial charge is 0.459 e. The molecule has 7 heteroatoms. The molecule has 0 aliphatic rings. The second-order valence-corrected chi connectivity index (χ2v) is 6.81. The van der Waals surface area contributed by atoms with E-state index in [9.17, 15) is 9.59 Å². The number of hydrogen-bond donors (Lipinski definition) is 2. The van der Waals surface area contributed by atoms with Crippen molar-refractivity contribution in [3.63, 3.8) is 0 Å². The van der Waals surface area contributed by atoms with Gasteiger partial charge in [-0.05, 0) is 50.1 Å². The van der Waals surface area contributed by atoms with E-state index in [-0.39, 0.29) is 17.6 Å². The lowest BCUT2D eigenvalue weighted by Gasteiger charge is -2.06. The van der Waals surface area contributed by atoms with Gasteiger partial charge in [-0.25, -0.2) is 4.98 Å². The van der Waals surface area contributed by atoms with E-state index in [1.807, 2.05) is 26.8 Å². The quantitative estimate of drug-likeness (QED) is 0.688. The molecule has 0 bridgehead atoms. The molecular formula is C18H19N3O3S. The van der Waals surface area contributed by atoms with Crippen LogP contribution in [0.2, 0.25) is 0 Å². The summed E-state index contributed by atoms with van der Waals surface area (Å²) in [6.07, 6.45) is 1.44. The van der Waals surface area contributed by atoms with E-state index in [1.165, 1.54) is 17.6 Å². The fourth-order valence-corrected chi connectivity index (χ4v) is 3.98. The number of furan rings is 1. The maximum atomic E-state index is 12.4. The molecule has 2 amide bonds. The van der Waals surface area contributed by atoms with E-state index < -0.39 is 0 Å². The molecule has 0 aromatic carbocycles. The van der Waals surface area contributed by atoms with E-state index in [0.29, 0.717) is 18.0 Å². The van der Waals surface area contributed by atoms with Gasteiger partial charge in [0, 0.05) is 24.2 Å². The van der Waals surface area contributed by atoms with Gasteiger partial charge in [0.25, 0.3) is 11.8 Å². The number of nitrogens with one attached hydrogen (secondary N) is 2. The lowest BCUT2D eigenvalue weighted by atomic mass is 10.1. The van der Waals surface area contributed by atoms with E-state index in [0.717, 1.165) is 27.0 Å². The van der Waals surface area contributed by atoms with Crippen molar-refractivity contribution in [3.8, 4) is 0 Å². The molecule has 130 valence electrons. The normalized spacial score (nSPS) is 10.8. The van der Waals surface area contributed by atoms with Gasteiger partial charge < -0.3 is 15.1 Å². The van der Waals surface area contributed by atoms with Crippen molar-refractivity contribution in [2.24, 2.45) is 0 Å².